The molecular formula is C11H16FN5O4. The Morgan fingerprint density at radius 2 is 2.19 bits per heavy atom. The van der Waals surface area contributed by atoms with Crippen LogP contribution in [0, 0.1) is 10.1 Å². The van der Waals surface area contributed by atoms with Gasteiger partial charge in [0.05, 0.1) is 18.0 Å². The van der Waals surface area contributed by atoms with Crippen molar-refractivity contribution in [1.29, 1.82) is 0 Å². The van der Waals surface area contributed by atoms with Gasteiger partial charge in [-0.2, -0.15) is 5.10 Å². The highest BCUT2D eigenvalue weighted by Crippen LogP contribution is 2.30. The number of carboxylic acid groups (broad SMARTS) is 1. The van der Waals surface area contributed by atoms with E-state index in [0.29, 0.717) is 0 Å². The maximum Gasteiger partial charge on any atom is 0.407 e. The van der Waals surface area contributed by atoms with Crippen molar-refractivity contribution in [3.8, 4) is 0 Å². The van der Waals surface area contributed by atoms with Crippen LogP contribution in [-0.4, -0.2) is 62.7 Å². The van der Waals surface area contributed by atoms with Crippen molar-refractivity contribution in [2.45, 2.75) is 12.6 Å². The molecule has 21 heavy (non-hydrogen) atoms. The van der Waals surface area contributed by atoms with Gasteiger partial charge < -0.3 is 14.9 Å². The molecule has 1 amide bonds. The summed E-state index contributed by atoms with van der Waals surface area (Å²) in [6.07, 6.45) is -0.106. The van der Waals surface area contributed by atoms with E-state index >= 15 is 0 Å². The summed E-state index contributed by atoms with van der Waals surface area (Å²) in [6.45, 7) is 1.09. The quantitative estimate of drug-likeness (QED) is 0.641. The number of amides is 1. The second kappa shape index (κ2) is 5.19. The third kappa shape index (κ3) is 3.03. The van der Waals surface area contributed by atoms with Crippen LogP contribution in [0.5, 0.6) is 0 Å². The molecule has 2 rings (SSSR count). The average molecular weight is 301 g/mol. The Kier molecular flexibility index (Phi) is 3.71. The van der Waals surface area contributed by atoms with Crippen molar-refractivity contribution < 1.29 is 19.2 Å². The van der Waals surface area contributed by atoms with Gasteiger partial charge in [0.2, 0.25) is 5.82 Å². The molecule has 116 valence electrons. The summed E-state index contributed by atoms with van der Waals surface area (Å²) >= 11 is 0. The van der Waals surface area contributed by atoms with Crippen LogP contribution in [-0.2, 0) is 7.05 Å². The minimum absolute atomic E-state index is 0.0666. The molecule has 0 saturated carbocycles. The second-order valence-corrected chi connectivity index (χ2v) is 5.27. The molecule has 1 fully saturated rings. The molecule has 1 aliphatic rings. The molecule has 0 aliphatic carbocycles. The molecule has 9 nitrogen and oxygen atoms in total. The molecule has 1 N–H and O–H groups in total. The Morgan fingerprint density at radius 3 is 2.76 bits per heavy atom. The van der Waals surface area contributed by atoms with E-state index in [4.69, 9.17) is 5.11 Å². The Labute approximate surface area is 119 Å². The summed E-state index contributed by atoms with van der Waals surface area (Å²) in [5.41, 5.74) is -2.04. The first-order chi connectivity index (χ1) is 9.71. The molecule has 1 aromatic rings. The van der Waals surface area contributed by atoms with Gasteiger partial charge in [0.25, 0.3) is 0 Å². The number of anilines is 1. The lowest BCUT2D eigenvalue weighted by Crippen LogP contribution is -2.42. The van der Waals surface area contributed by atoms with E-state index in [1.54, 1.807) is 0 Å². The summed E-state index contributed by atoms with van der Waals surface area (Å²) in [5, 5.41) is 23.9. The fourth-order valence-electron chi connectivity index (χ4n) is 2.50. The zero-order valence-electron chi connectivity index (χ0n) is 11.7. The van der Waals surface area contributed by atoms with Gasteiger partial charge in [0, 0.05) is 20.1 Å². The molecule has 1 atom stereocenters. The van der Waals surface area contributed by atoms with Crippen LogP contribution in [0.15, 0.2) is 6.20 Å². The van der Waals surface area contributed by atoms with Crippen LogP contribution < -0.4 is 4.90 Å². The summed E-state index contributed by atoms with van der Waals surface area (Å²) < 4.78 is 15.8. The highest BCUT2D eigenvalue weighted by Gasteiger charge is 2.37. The molecule has 1 aliphatic heterocycles. The smallest absolute Gasteiger partial charge is 0.407 e. The largest absolute Gasteiger partial charge is 0.465 e. The van der Waals surface area contributed by atoms with E-state index in [-0.39, 0.29) is 37.7 Å². The number of alkyl halides is 1. The molecule has 1 unspecified atom stereocenters. The van der Waals surface area contributed by atoms with Gasteiger partial charge in [-0.05, 0) is 6.92 Å². The van der Waals surface area contributed by atoms with Crippen LogP contribution in [0.4, 0.5) is 20.7 Å². The molecular weight excluding hydrogens is 285 g/mol. The number of nitro groups is 1. The van der Waals surface area contributed by atoms with Gasteiger partial charge in [-0.3, -0.25) is 10.1 Å². The Bertz CT molecular complexity index is 573. The second-order valence-electron chi connectivity index (χ2n) is 5.27. The van der Waals surface area contributed by atoms with Gasteiger partial charge in [-0.15, -0.1) is 0 Å². The van der Waals surface area contributed by atoms with Crippen LogP contribution in [0.1, 0.15) is 6.92 Å². The average Bonchev–Trinajstić information content (AvgIpc) is 2.66. The van der Waals surface area contributed by atoms with Crippen LogP contribution in [0.3, 0.4) is 0 Å². The first kappa shape index (κ1) is 15.0. The van der Waals surface area contributed by atoms with Crippen LogP contribution >= 0.6 is 0 Å². The standard InChI is InChI=1S/C11H16FN5O4/c1-11(12)6-15(3-4-16(7-11)10(18)19)9-8(17(20)21)5-13-14(9)2/h5H,3-4,6-7H2,1-2H3,(H,18,19). The highest BCUT2D eigenvalue weighted by atomic mass is 19.1. The number of carbonyl (C=O) groups is 1. The van der Waals surface area contributed by atoms with E-state index in [9.17, 15) is 19.3 Å². The van der Waals surface area contributed by atoms with Crippen LogP contribution in [0.25, 0.3) is 0 Å². The minimum Gasteiger partial charge on any atom is -0.465 e. The minimum atomic E-state index is -1.81. The van der Waals surface area contributed by atoms with Crippen molar-refractivity contribution in [3.63, 3.8) is 0 Å². The maximum atomic E-state index is 14.5. The van der Waals surface area contributed by atoms with E-state index in [0.717, 1.165) is 11.1 Å². The molecule has 0 spiro atoms. The van der Waals surface area contributed by atoms with E-state index < -0.39 is 16.7 Å². The SMILES string of the molecule is Cn1ncc([N+](=O)[O-])c1N1CCN(C(=O)O)CC(C)(F)C1. The van der Waals surface area contributed by atoms with Gasteiger partial charge >= 0.3 is 11.8 Å². The van der Waals surface area contributed by atoms with Gasteiger partial charge in [0.15, 0.2) is 0 Å². The topological polar surface area (TPSA) is 105 Å². The summed E-state index contributed by atoms with van der Waals surface area (Å²) in [6, 6.07) is 0. The number of aryl methyl sites for hydroxylation is 1. The lowest BCUT2D eigenvalue weighted by molar-refractivity contribution is -0.384. The van der Waals surface area contributed by atoms with Crippen LogP contribution in [0.2, 0.25) is 0 Å². The maximum absolute atomic E-state index is 14.5. The fourth-order valence-corrected chi connectivity index (χ4v) is 2.50. The van der Waals surface area contributed by atoms with E-state index in [1.807, 2.05) is 0 Å². The predicted octanol–water partition coefficient (Wildman–Crippen LogP) is 0.856. The number of hydrogen-bond acceptors (Lipinski definition) is 5. The molecule has 1 aromatic heterocycles. The first-order valence-corrected chi connectivity index (χ1v) is 6.29. The monoisotopic (exact) mass is 301 g/mol. The normalized spacial score (nSPS) is 23.0. The van der Waals surface area contributed by atoms with E-state index in [1.165, 1.54) is 23.6 Å². The van der Waals surface area contributed by atoms with Crippen molar-refractivity contribution in [2.75, 3.05) is 31.1 Å². The van der Waals surface area contributed by atoms with Crippen molar-refractivity contribution in [2.24, 2.45) is 7.05 Å². The number of rotatable bonds is 2. The van der Waals surface area contributed by atoms with E-state index in [2.05, 4.69) is 5.10 Å². The molecule has 10 heteroatoms. The first-order valence-electron chi connectivity index (χ1n) is 6.29. The summed E-state index contributed by atoms with van der Waals surface area (Å²) in [7, 11) is 1.53. The molecule has 0 radical (unpaired) electrons. The Hall–Kier alpha value is -2.39. The lowest BCUT2D eigenvalue weighted by atomic mass is 10.1. The molecule has 2 heterocycles. The molecule has 0 bridgehead atoms. The fraction of sp³-hybridized carbons (Fsp3) is 0.636. The number of aromatic nitrogens is 2. The highest BCUT2D eigenvalue weighted by molar-refractivity contribution is 5.65. The van der Waals surface area contributed by atoms with Crippen molar-refractivity contribution >= 4 is 17.6 Å². The third-order valence-corrected chi connectivity index (χ3v) is 3.34. The molecule has 0 aromatic carbocycles. The number of nitrogens with zero attached hydrogens (tertiary/aromatic N) is 5. The number of hydrogen-bond donors (Lipinski definition) is 1. The summed E-state index contributed by atoms with van der Waals surface area (Å²) in [5.74, 6) is 0.177. The van der Waals surface area contributed by atoms with Gasteiger partial charge in [-0.25, -0.2) is 13.9 Å². The van der Waals surface area contributed by atoms with Crippen molar-refractivity contribution in [1.82, 2.24) is 14.7 Å². The summed E-state index contributed by atoms with van der Waals surface area (Å²) in [4.78, 5) is 23.9. The predicted molar refractivity (Wildman–Crippen MR) is 71.2 cm³/mol. The Morgan fingerprint density at radius 1 is 1.52 bits per heavy atom. The lowest BCUT2D eigenvalue weighted by Gasteiger charge is -2.27. The number of halogens is 1. The zero-order chi connectivity index (χ0) is 15.8. The third-order valence-electron chi connectivity index (χ3n) is 3.34. The Balaban J connectivity index is 2.35. The van der Waals surface area contributed by atoms with Gasteiger partial charge in [0.1, 0.15) is 11.9 Å². The zero-order valence-corrected chi connectivity index (χ0v) is 11.7. The van der Waals surface area contributed by atoms with Crippen molar-refractivity contribution in [3.05, 3.63) is 16.3 Å². The van der Waals surface area contributed by atoms with Gasteiger partial charge in [-0.1, -0.05) is 0 Å². The molecule has 1 saturated heterocycles.